The number of halogens is 1. The lowest BCUT2D eigenvalue weighted by atomic mass is 10.1. The molecule has 2 amide bonds. The molecule has 5 nitrogen and oxygen atoms in total. The first-order valence-electron chi connectivity index (χ1n) is 8.73. The minimum Gasteiger partial charge on any atom is -0.373 e. The number of hydrogen-bond acceptors (Lipinski definition) is 3. The molecule has 24 heavy (non-hydrogen) atoms. The summed E-state index contributed by atoms with van der Waals surface area (Å²) in [6.07, 6.45) is 2.42. The van der Waals surface area contributed by atoms with Gasteiger partial charge in [-0.1, -0.05) is 12.1 Å². The van der Waals surface area contributed by atoms with Gasteiger partial charge >= 0.3 is 6.03 Å². The van der Waals surface area contributed by atoms with Crippen LogP contribution in [0.15, 0.2) is 24.3 Å². The van der Waals surface area contributed by atoms with E-state index in [1.807, 2.05) is 4.90 Å². The van der Waals surface area contributed by atoms with E-state index >= 15 is 0 Å². The number of nitrogens with one attached hydrogen (secondary N) is 1. The zero-order valence-corrected chi connectivity index (χ0v) is 14.4. The molecule has 2 fully saturated rings. The van der Waals surface area contributed by atoms with Crippen molar-refractivity contribution in [2.75, 3.05) is 31.5 Å². The van der Waals surface area contributed by atoms with E-state index in [1.54, 1.807) is 18.2 Å². The third-order valence-corrected chi connectivity index (χ3v) is 4.72. The molecule has 1 aromatic carbocycles. The molecule has 0 radical (unpaired) electrons. The third kappa shape index (κ3) is 4.05. The van der Waals surface area contributed by atoms with Crippen molar-refractivity contribution in [1.82, 2.24) is 9.80 Å². The highest BCUT2D eigenvalue weighted by Crippen LogP contribution is 2.22. The van der Waals surface area contributed by atoms with E-state index in [4.69, 9.17) is 4.74 Å². The van der Waals surface area contributed by atoms with Gasteiger partial charge in [0.25, 0.3) is 0 Å². The van der Waals surface area contributed by atoms with Crippen LogP contribution in [0.5, 0.6) is 0 Å². The Kier molecular flexibility index (Phi) is 5.36. The number of amides is 2. The van der Waals surface area contributed by atoms with Gasteiger partial charge in [0.15, 0.2) is 0 Å². The Balaban J connectivity index is 1.60. The fourth-order valence-electron chi connectivity index (χ4n) is 3.77. The van der Waals surface area contributed by atoms with Crippen molar-refractivity contribution < 1.29 is 13.9 Å². The van der Waals surface area contributed by atoms with E-state index in [0.717, 1.165) is 39.0 Å². The SMILES string of the molecule is C[C@@H]1CN(C[C@H]2CCCN2C(=O)Nc2ccccc2F)C[C@@H](C)O1. The number of nitrogens with zero attached hydrogens (tertiary/aromatic N) is 2. The van der Waals surface area contributed by atoms with Crippen LogP contribution in [0.4, 0.5) is 14.9 Å². The maximum absolute atomic E-state index is 13.7. The first-order valence-corrected chi connectivity index (χ1v) is 8.73. The van der Waals surface area contributed by atoms with Crippen LogP contribution in [0.2, 0.25) is 0 Å². The minimum absolute atomic E-state index is 0.175. The van der Waals surface area contributed by atoms with Crippen molar-refractivity contribution in [2.24, 2.45) is 0 Å². The number of morpholine rings is 1. The molecule has 1 aromatic rings. The highest BCUT2D eigenvalue weighted by molar-refractivity contribution is 5.89. The number of urea groups is 1. The van der Waals surface area contributed by atoms with E-state index in [-0.39, 0.29) is 30.0 Å². The van der Waals surface area contributed by atoms with E-state index in [2.05, 4.69) is 24.1 Å². The van der Waals surface area contributed by atoms with Crippen LogP contribution in [0.25, 0.3) is 0 Å². The Morgan fingerprint density at radius 2 is 2.00 bits per heavy atom. The Bertz CT molecular complexity index is 573. The lowest BCUT2D eigenvalue weighted by Gasteiger charge is -2.38. The molecule has 1 N–H and O–H groups in total. The Morgan fingerprint density at radius 1 is 1.29 bits per heavy atom. The Labute approximate surface area is 142 Å². The highest BCUT2D eigenvalue weighted by atomic mass is 19.1. The average Bonchev–Trinajstić information content (AvgIpc) is 2.96. The molecule has 0 spiro atoms. The predicted octanol–water partition coefficient (Wildman–Crippen LogP) is 2.93. The summed E-state index contributed by atoms with van der Waals surface area (Å²) in [5.74, 6) is -0.405. The van der Waals surface area contributed by atoms with Crippen molar-refractivity contribution in [1.29, 1.82) is 0 Å². The summed E-state index contributed by atoms with van der Waals surface area (Å²) in [5.41, 5.74) is 0.238. The van der Waals surface area contributed by atoms with Gasteiger partial charge in [0.2, 0.25) is 0 Å². The van der Waals surface area contributed by atoms with Gasteiger partial charge in [0, 0.05) is 32.2 Å². The van der Waals surface area contributed by atoms with Crippen LogP contribution in [0.3, 0.4) is 0 Å². The average molecular weight is 335 g/mol. The second kappa shape index (κ2) is 7.49. The summed E-state index contributed by atoms with van der Waals surface area (Å²) in [6, 6.07) is 6.24. The summed E-state index contributed by atoms with van der Waals surface area (Å²) in [4.78, 5) is 16.8. The molecule has 0 aliphatic carbocycles. The maximum Gasteiger partial charge on any atom is 0.322 e. The molecule has 2 aliphatic heterocycles. The van der Waals surface area contributed by atoms with Crippen LogP contribution in [0, 0.1) is 5.82 Å². The first-order chi connectivity index (χ1) is 11.5. The van der Waals surface area contributed by atoms with Crippen molar-refractivity contribution in [3.05, 3.63) is 30.1 Å². The number of rotatable bonds is 3. The van der Waals surface area contributed by atoms with Crippen LogP contribution in [0.1, 0.15) is 26.7 Å². The molecular formula is C18H26FN3O2. The lowest BCUT2D eigenvalue weighted by Crippen LogP contribution is -2.51. The third-order valence-electron chi connectivity index (χ3n) is 4.72. The minimum atomic E-state index is -0.405. The Morgan fingerprint density at radius 3 is 2.71 bits per heavy atom. The molecule has 2 aliphatic rings. The van der Waals surface area contributed by atoms with Crippen molar-refractivity contribution >= 4 is 11.7 Å². The number of benzene rings is 1. The molecule has 2 heterocycles. The normalized spacial score (nSPS) is 28.1. The number of para-hydroxylation sites is 1. The number of ether oxygens (including phenoxy) is 1. The smallest absolute Gasteiger partial charge is 0.322 e. The summed E-state index contributed by atoms with van der Waals surface area (Å²) in [6.45, 7) is 7.52. The number of likely N-dealkylation sites (tertiary alicyclic amines) is 1. The van der Waals surface area contributed by atoms with Crippen molar-refractivity contribution in [3.8, 4) is 0 Å². The first kappa shape index (κ1) is 17.2. The van der Waals surface area contributed by atoms with Crippen LogP contribution in [-0.2, 0) is 4.74 Å². The van der Waals surface area contributed by atoms with Gasteiger partial charge in [-0.3, -0.25) is 4.90 Å². The zero-order valence-electron chi connectivity index (χ0n) is 14.4. The van der Waals surface area contributed by atoms with Gasteiger partial charge in [-0.15, -0.1) is 0 Å². The predicted molar refractivity (Wildman–Crippen MR) is 91.6 cm³/mol. The number of anilines is 1. The number of carbonyl (C=O) groups is 1. The van der Waals surface area contributed by atoms with Crippen molar-refractivity contribution in [3.63, 3.8) is 0 Å². The molecule has 0 unspecified atom stereocenters. The molecule has 2 saturated heterocycles. The number of hydrogen-bond donors (Lipinski definition) is 1. The molecule has 0 saturated carbocycles. The van der Waals surface area contributed by atoms with E-state index < -0.39 is 5.82 Å². The fourth-order valence-corrected chi connectivity index (χ4v) is 3.77. The van der Waals surface area contributed by atoms with Crippen LogP contribution < -0.4 is 5.32 Å². The summed E-state index contributed by atoms with van der Waals surface area (Å²) in [7, 11) is 0. The number of carbonyl (C=O) groups excluding carboxylic acids is 1. The van der Waals surface area contributed by atoms with Gasteiger partial charge < -0.3 is 15.0 Å². The molecular weight excluding hydrogens is 309 g/mol. The molecule has 3 atom stereocenters. The molecule has 6 heteroatoms. The topological polar surface area (TPSA) is 44.8 Å². The van der Waals surface area contributed by atoms with E-state index in [9.17, 15) is 9.18 Å². The molecule has 0 aromatic heterocycles. The maximum atomic E-state index is 13.7. The largest absolute Gasteiger partial charge is 0.373 e. The van der Waals surface area contributed by atoms with Crippen LogP contribution >= 0.6 is 0 Å². The molecule has 3 rings (SSSR count). The van der Waals surface area contributed by atoms with Gasteiger partial charge in [-0.05, 0) is 38.8 Å². The fraction of sp³-hybridized carbons (Fsp3) is 0.611. The monoisotopic (exact) mass is 335 g/mol. The Hall–Kier alpha value is -1.66. The summed E-state index contributed by atoms with van der Waals surface area (Å²) in [5, 5.41) is 2.71. The van der Waals surface area contributed by atoms with Gasteiger partial charge in [-0.2, -0.15) is 0 Å². The molecule has 0 bridgehead atoms. The van der Waals surface area contributed by atoms with Gasteiger partial charge in [0.1, 0.15) is 5.82 Å². The van der Waals surface area contributed by atoms with E-state index in [0.29, 0.717) is 0 Å². The zero-order chi connectivity index (χ0) is 17.1. The quantitative estimate of drug-likeness (QED) is 0.924. The van der Waals surface area contributed by atoms with E-state index in [1.165, 1.54) is 6.07 Å². The lowest BCUT2D eigenvalue weighted by molar-refractivity contribution is -0.0712. The second-order valence-corrected chi connectivity index (χ2v) is 6.88. The van der Waals surface area contributed by atoms with Crippen molar-refractivity contribution in [2.45, 2.75) is 44.9 Å². The van der Waals surface area contributed by atoms with Gasteiger partial charge in [0.05, 0.1) is 17.9 Å². The van der Waals surface area contributed by atoms with Gasteiger partial charge in [-0.25, -0.2) is 9.18 Å². The highest BCUT2D eigenvalue weighted by Gasteiger charge is 2.32. The summed E-state index contributed by atoms with van der Waals surface area (Å²) < 4.78 is 19.5. The standard InChI is InChI=1S/C18H26FN3O2/c1-13-10-21(11-14(2)24-13)12-15-6-5-9-22(15)18(23)20-17-8-4-3-7-16(17)19/h3-4,7-8,13-15H,5-6,9-12H2,1-2H3,(H,20,23)/t13-,14-,15-/m1/s1. The van der Waals surface area contributed by atoms with Crippen LogP contribution in [-0.4, -0.2) is 60.3 Å². The second-order valence-electron chi connectivity index (χ2n) is 6.88. The molecule has 132 valence electrons. The summed E-state index contributed by atoms with van der Waals surface area (Å²) >= 11 is 0.